The molecule has 0 aromatic rings. The second-order valence-corrected chi connectivity index (χ2v) is 6.34. The lowest BCUT2D eigenvalue weighted by Gasteiger charge is -2.30. The summed E-state index contributed by atoms with van der Waals surface area (Å²) in [4.78, 5) is 16.3. The Morgan fingerprint density at radius 3 is 2.28 bits per heavy atom. The lowest BCUT2D eigenvalue weighted by Crippen LogP contribution is -2.43. The lowest BCUT2D eigenvalue weighted by molar-refractivity contribution is -0.132. The number of likely N-dealkylation sites (tertiary alicyclic amines) is 1. The van der Waals surface area contributed by atoms with Crippen LogP contribution in [0.5, 0.6) is 0 Å². The van der Waals surface area contributed by atoms with Crippen LogP contribution in [0.1, 0.15) is 39.5 Å². The van der Waals surface area contributed by atoms with Crippen LogP contribution in [0.2, 0.25) is 0 Å². The van der Waals surface area contributed by atoms with Crippen LogP contribution < -0.4 is 5.73 Å². The summed E-state index contributed by atoms with van der Waals surface area (Å²) in [6.45, 7) is 8.18. The van der Waals surface area contributed by atoms with E-state index < -0.39 is 0 Å². The zero-order valence-electron chi connectivity index (χ0n) is 12.2. The highest BCUT2D eigenvalue weighted by Gasteiger charge is 2.21. The molecule has 1 heterocycles. The quantitative estimate of drug-likeness (QED) is 0.806. The van der Waals surface area contributed by atoms with Gasteiger partial charge in [-0.3, -0.25) is 9.69 Å². The molecule has 0 spiro atoms. The van der Waals surface area contributed by atoms with Crippen molar-refractivity contribution >= 4 is 5.91 Å². The molecule has 2 N–H and O–H groups in total. The van der Waals surface area contributed by atoms with Crippen molar-refractivity contribution in [3.63, 3.8) is 0 Å². The monoisotopic (exact) mass is 255 g/mol. The van der Waals surface area contributed by atoms with E-state index in [1.54, 1.807) is 0 Å². The molecule has 1 fully saturated rings. The summed E-state index contributed by atoms with van der Waals surface area (Å²) in [5.41, 5.74) is 5.80. The van der Waals surface area contributed by atoms with Crippen molar-refractivity contribution in [2.24, 2.45) is 11.1 Å². The number of carbonyl (C=O) groups is 1. The molecule has 1 saturated heterocycles. The van der Waals surface area contributed by atoms with E-state index in [0.717, 1.165) is 32.5 Å². The summed E-state index contributed by atoms with van der Waals surface area (Å²) < 4.78 is 0. The van der Waals surface area contributed by atoms with Crippen molar-refractivity contribution in [2.75, 3.05) is 39.8 Å². The molecule has 0 saturated carbocycles. The van der Waals surface area contributed by atoms with Gasteiger partial charge in [0.2, 0.25) is 5.91 Å². The number of carbonyl (C=O) groups excluding carboxylic acids is 1. The molecule has 4 nitrogen and oxygen atoms in total. The predicted octanol–water partition coefficient (Wildman–Crippen LogP) is 1.31. The van der Waals surface area contributed by atoms with Crippen molar-refractivity contribution in [1.82, 2.24) is 9.80 Å². The van der Waals surface area contributed by atoms with Gasteiger partial charge in [-0.1, -0.05) is 26.7 Å². The summed E-state index contributed by atoms with van der Waals surface area (Å²) >= 11 is 0. The van der Waals surface area contributed by atoms with Gasteiger partial charge in [0, 0.05) is 19.6 Å². The molecule has 18 heavy (non-hydrogen) atoms. The Morgan fingerprint density at radius 1 is 1.22 bits per heavy atom. The maximum absolute atomic E-state index is 12.2. The van der Waals surface area contributed by atoms with E-state index in [1.807, 2.05) is 11.9 Å². The number of hydrogen-bond donors (Lipinski definition) is 1. The highest BCUT2D eigenvalue weighted by atomic mass is 16.2. The van der Waals surface area contributed by atoms with Gasteiger partial charge in [-0.25, -0.2) is 0 Å². The van der Waals surface area contributed by atoms with E-state index in [0.29, 0.717) is 13.1 Å². The number of rotatable bonds is 5. The standard InChI is InChI=1S/C14H29N3O/c1-14(2,11-15)12-16(3)10-13(18)17-8-6-4-5-7-9-17/h4-12,15H2,1-3H3. The summed E-state index contributed by atoms with van der Waals surface area (Å²) in [6, 6.07) is 0. The van der Waals surface area contributed by atoms with Crippen molar-refractivity contribution in [3.05, 3.63) is 0 Å². The zero-order valence-corrected chi connectivity index (χ0v) is 12.2. The fourth-order valence-corrected chi connectivity index (χ4v) is 2.50. The molecule has 106 valence electrons. The molecule has 0 aromatic heterocycles. The van der Waals surface area contributed by atoms with Crippen LogP contribution in [0.4, 0.5) is 0 Å². The van der Waals surface area contributed by atoms with Crippen LogP contribution in [0.15, 0.2) is 0 Å². The SMILES string of the molecule is CN(CC(=O)N1CCCCCC1)CC(C)(C)CN. The summed E-state index contributed by atoms with van der Waals surface area (Å²) in [7, 11) is 2.01. The molecule has 0 aliphatic carbocycles. The molecular weight excluding hydrogens is 226 g/mol. The molecule has 0 aromatic carbocycles. The molecule has 0 atom stereocenters. The largest absolute Gasteiger partial charge is 0.342 e. The third-order valence-electron chi connectivity index (χ3n) is 3.61. The van der Waals surface area contributed by atoms with Crippen molar-refractivity contribution < 1.29 is 4.79 Å². The molecule has 0 radical (unpaired) electrons. The molecular formula is C14H29N3O. The Morgan fingerprint density at radius 2 is 1.78 bits per heavy atom. The maximum Gasteiger partial charge on any atom is 0.236 e. The van der Waals surface area contributed by atoms with E-state index in [9.17, 15) is 4.79 Å². The van der Waals surface area contributed by atoms with Gasteiger partial charge >= 0.3 is 0 Å². The molecule has 1 amide bonds. The highest BCUT2D eigenvalue weighted by Crippen LogP contribution is 2.14. The first kappa shape index (κ1) is 15.4. The van der Waals surface area contributed by atoms with Crippen LogP contribution in [0.3, 0.4) is 0 Å². The first-order valence-corrected chi connectivity index (χ1v) is 7.11. The first-order valence-electron chi connectivity index (χ1n) is 7.11. The Bertz CT molecular complexity index is 258. The van der Waals surface area contributed by atoms with Crippen LogP contribution in [-0.4, -0.2) is 55.5 Å². The third kappa shape index (κ3) is 5.36. The average molecular weight is 255 g/mol. The van der Waals surface area contributed by atoms with E-state index in [4.69, 9.17) is 5.73 Å². The second-order valence-electron chi connectivity index (χ2n) is 6.34. The Balaban J connectivity index is 2.38. The van der Waals surface area contributed by atoms with Crippen LogP contribution in [-0.2, 0) is 4.79 Å². The van der Waals surface area contributed by atoms with Gasteiger partial charge in [0.05, 0.1) is 6.54 Å². The van der Waals surface area contributed by atoms with Crippen LogP contribution in [0.25, 0.3) is 0 Å². The minimum atomic E-state index is 0.0772. The van der Waals surface area contributed by atoms with Crippen molar-refractivity contribution in [2.45, 2.75) is 39.5 Å². The van der Waals surface area contributed by atoms with Gasteiger partial charge in [-0.2, -0.15) is 0 Å². The first-order chi connectivity index (χ1) is 8.44. The normalized spacial score (nSPS) is 17.9. The minimum Gasteiger partial charge on any atom is -0.342 e. The van der Waals surface area contributed by atoms with Gasteiger partial charge in [0.1, 0.15) is 0 Å². The molecule has 1 rings (SSSR count). The molecule has 4 heteroatoms. The Hall–Kier alpha value is -0.610. The fraction of sp³-hybridized carbons (Fsp3) is 0.929. The molecule has 1 aliphatic heterocycles. The van der Waals surface area contributed by atoms with E-state index in [-0.39, 0.29) is 11.3 Å². The Kier molecular flexibility index (Phi) is 6.09. The van der Waals surface area contributed by atoms with E-state index in [2.05, 4.69) is 18.7 Å². The van der Waals surface area contributed by atoms with Gasteiger partial charge in [0.25, 0.3) is 0 Å². The molecule has 1 aliphatic rings. The maximum atomic E-state index is 12.2. The van der Waals surface area contributed by atoms with Crippen molar-refractivity contribution in [3.8, 4) is 0 Å². The zero-order chi connectivity index (χ0) is 13.6. The number of amides is 1. The smallest absolute Gasteiger partial charge is 0.236 e. The average Bonchev–Trinajstić information content (AvgIpc) is 2.56. The summed E-state index contributed by atoms with van der Waals surface area (Å²) in [5.74, 6) is 0.271. The highest BCUT2D eigenvalue weighted by molar-refractivity contribution is 5.78. The number of nitrogens with zero attached hydrogens (tertiary/aromatic N) is 2. The third-order valence-corrected chi connectivity index (χ3v) is 3.61. The summed E-state index contributed by atoms with van der Waals surface area (Å²) in [6.07, 6.45) is 4.84. The topological polar surface area (TPSA) is 49.6 Å². The van der Waals surface area contributed by atoms with Gasteiger partial charge < -0.3 is 10.6 Å². The van der Waals surface area contributed by atoms with Crippen molar-refractivity contribution in [1.29, 1.82) is 0 Å². The van der Waals surface area contributed by atoms with Crippen LogP contribution in [0, 0.1) is 5.41 Å². The minimum absolute atomic E-state index is 0.0772. The fourth-order valence-electron chi connectivity index (χ4n) is 2.50. The Labute approximate surface area is 111 Å². The summed E-state index contributed by atoms with van der Waals surface area (Å²) in [5, 5.41) is 0. The number of nitrogens with two attached hydrogens (primary N) is 1. The number of hydrogen-bond acceptors (Lipinski definition) is 3. The predicted molar refractivity (Wildman–Crippen MR) is 75.4 cm³/mol. The second kappa shape index (κ2) is 7.10. The van der Waals surface area contributed by atoms with E-state index >= 15 is 0 Å². The molecule has 0 bridgehead atoms. The van der Waals surface area contributed by atoms with Gasteiger partial charge in [0.15, 0.2) is 0 Å². The van der Waals surface area contributed by atoms with Gasteiger partial charge in [-0.15, -0.1) is 0 Å². The van der Waals surface area contributed by atoms with Crippen LogP contribution >= 0.6 is 0 Å². The molecule has 0 unspecified atom stereocenters. The lowest BCUT2D eigenvalue weighted by atomic mass is 9.93. The van der Waals surface area contributed by atoms with E-state index in [1.165, 1.54) is 12.8 Å². The number of likely N-dealkylation sites (N-methyl/N-ethyl adjacent to an activating group) is 1. The van der Waals surface area contributed by atoms with Gasteiger partial charge in [-0.05, 0) is 31.8 Å².